The van der Waals surface area contributed by atoms with Crippen molar-refractivity contribution in [2.45, 2.75) is 19.6 Å². The summed E-state index contributed by atoms with van der Waals surface area (Å²) in [6.45, 7) is 0.0689. The largest absolute Gasteiger partial charge is 0.434 e. The molecule has 0 radical (unpaired) electrons. The van der Waals surface area contributed by atoms with Gasteiger partial charge in [-0.05, 0) is 25.1 Å². The first-order chi connectivity index (χ1) is 9.49. The van der Waals surface area contributed by atoms with Crippen molar-refractivity contribution in [3.63, 3.8) is 0 Å². The van der Waals surface area contributed by atoms with E-state index in [-0.39, 0.29) is 28.3 Å². The molecule has 4 nitrogen and oxygen atoms in total. The van der Waals surface area contributed by atoms with E-state index in [1.807, 2.05) is 6.92 Å². The van der Waals surface area contributed by atoms with Crippen LogP contribution in [0.15, 0.2) is 18.2 Å². The fraction of sp³-hybridized carbons (Fsp3) is 0.462. The van der Waals surface area contributed by atoms with Crippen molar-refractivity contribution in [2.75, 3.05) is 19.8 Å². The second-order valence-electron chi connectivity index (χ2n) is 4.44. The molecule has 0 bridgehead atoms. The lowest BCUT2D eigenvalue weighted by Crippen LogP contribution is -2.47. The average molecular weight is 306 g/mol. The minimum Gasteiger partial charge on any atom is -0.434 e. The van der Waals surface area contributed by atoms with Crippen LogP contribution in [-0.4, -0.2) is 43.2 Å². The van der Waals surface area contributed by atoms with E-state index in [1.54, 1.807) is 4.90 Å². The Kier molecular flexibility index (Phi) is 4.77. The first kappa shape index (κ1) is 15.0. The number of morpholine rings is 1. The van der Waals surface area contributed by atoms with E-state index < -0.39 is 6.61 Å². The Hall–Kier alpha value is -1.40. The third-order valence-corrected chi connectivity index (χ3v) is 3.25. The van der Waals surface area contributed by atoms with Crippen LogP contribution in [0.2, 0.25) is 5.02 Å². The number of benzene rings is 1. The minimum atomic E-state index is -3.00. The maximum Gasteiger partial charge on any atom is 0.387 e. The minimum absolute atomic E-state index is 0.0338. The Bertz CT molecular complexity index is 499. The van der Waals surface area contributed by atoms with Crippen LogP contribution >= 0.6 is 11.6 Å². The molecule has 0 saturated carbocycles. The summed E-state index contributed by atoms with van der Waals surface area (Å²) in [6, 6.07) is 3.88. The van der Waals surface area contributed by atoms with Crippen molar-refractivity contribution in [2.24, 2.45) is 0 Å². The lowest BCUT2D eigenvalue weighted by Gasteiger charge is -2.33. The average Bonchev–Trinajstić information content (AvgIpc) is 2.40. The molecule has 7 heteroatoms. The first-order valence-electron chi connectivity index (χ1n) is 6.12. The van der Waals surface area contributed by atoms with Gasteiger partial charge in [0, 0.05) is 11.6 Å². The van der Waals surface area contributed by atoms with Crippen molar-refractivity contribution in [3.8, 4) is 5.75 Å². The zero-order valence-corrected chi connectivity index (χ0v) is 11.6. The number of carbonyl (C=O) groups is 1. The van der Waals surface area contributed by atoms with Crippen molar-refractivity contribution in [1.82, 2.24) is 4.90 Å². The van der Waals surface area contributed by atoms with Gasteiger partial charge in [-0.15, -0.1) is 0 Å². The highest BCUT2D eigenvalue weighted by molar-refractivity contribution is 6.31. The molecule has 0 aromatic heterocycles. The standard InChI is InChI=1S/C13H14ClF2NO3/c1-8-7-19-5-4-17(8)12(18)10-6-9(14)2-3-11(10)20-13(15)16/h2-3,6,8,13H,4-5,7H2,1H3/t8-/m0/s1. The Morgan fingerprint density at radius 2 is 2.30 bits per heavy atom. The van der Waals surface area contributed by atoms with E-state index in [2.05, 4.69) is 4.74 Å². The molecule has 110 valence electrons. The highest BCUT2D eigenvalue weighted by Gasteiger charge is 2.27. The van der Waals surface area contributed by atoms with Gasteiger partial charge in [0.15, 0.2) is 0 Å². The SMILES string of the molecule is C[C@H]1COCCN1C(=O)c1cc(Cl)ccc1OC(F)F. The van der Waals surface area contributed by atoms with E-state index in [4.69, 9.17) is 16.3 Å². The maximum absolute atomic E-state index is 12.5. The smallest absolute Gasteiger partial charge is 0.387 e. The van der Waals surface area contributed by atoms with Crippen molar-refractivity contribution < 1.29 is 23.0 Å². The van der Waals surface area contributed by atoms with Gasteiger partial charge < -0.3 is 14.4 Å². The van der Waals surface area contributed by atoms with Crippen molar-refractivity contribution in [3.05, 3.63) is 28.8 Å². The monoisotopic (exact) mass is 305 g/mol. The van der Waals surface area contributed by atoms with Gasteiger partial charge >= 0.3 is 6.61 Å². The lowest BCUT2D eigenvalue weighted by molar-refractivity contribution is -0.0505. The number of nitrogens with zero attached hydrogens (tertiary/aromatic N) is 1. The van der Waals surface area contributed by atoms with Gasteiger partial charge in [0.05, 0.1) is 24.8 Å². The normalized spacial score (nSPS) is 19.2. The number of halogens is 3. The number of rotatable bonds is 3. The van der Waals surface area contributed by atoms with Gasteiger partial charge in [0.25, 0.3) is 5.91 Å². The topological polar surface area (TPSA) is 38.8 Å². The molecule has 0 aliphatic carbocycles. The number of carbonyl (C=O) groups excluding carboxylic acids is 1. The second kappa shape index (κ2) is 6.37. The van der Waals surface area contributed by atoms with Crippen LogP contribution in [0.5, 0.6) is 5.75 Å². The molecule has 0 N–H and O–H groups in total. The molecule has 20 heavy (non-hydrogen) atoms. The molecule has 2 rings (SSSR count). The van der Waals surface area contributed by atoms with Crippen LogP contribution in [0.1, 0.15) is 17.3 Å². The van der Waals surface area contributed by atoms with E-state index in [0.29, 0.717) is 19.8 Å². The summed E-state index contributed by atoms with van der Waals surface area (Å²) < 4.78 is 34.4. The summed E-state index contributed by atoms with van der Waals surface area (Å²) in [4.78, 5) is 14.0. The summed E-state index contributed by atoms with van der Waals surface area (Å²) in [5, 5.41) is 0.288. The fourth-order valence-electron chi connectivity index (χ4n) is 2.05. The maximum atomic E-state index is 12.5. The zero-order valence-electron chi connectivity index (χ0n) is 10.8. The lowest BCUT2D eigenvalue weighted by atomic mass is 10.1. The molecule has 1 saturated heterocycles. The Morgan fingerprint density at radius 3 is 2.95 bits per heavy atom. The molecule has 1 atom stereocenters. The van der Waals surface area contributed by atoms with Gasteiger partial charge in [-0.25, -0.2) is 0 Å². The molecule has 1 aromatic carbocycles. The van der Waals surface area contributed by atoms with Crippen LogP contribution < -0.4 is 4.74 Å². The number of alkyl halides is 2. The molecule has 1 aromatic rings. The molecular formula is C13H14ClF2NO3. The summed E-state index contributed by atoms with van der Waals surface area (Å²) in [5.74, 6) is -0.563. The summed E-state index contributed by atoms with van der Waals surface area (Å²) in [7, 11) is 0. The van der Waals surface area contributed by atoms with E-state index in [1.165, 1.54) is 18.2 Å². The Balaban J connectivity index is 2.29. The molecule has 1 heterocycles. The molecule has 1 aliphatic rings. The number of hydrogen-bond donors (Lipinski definition) is 0. The van der Waals surface area contributed by atoms with Gasteiger partial charge in [0.2, 0.25) is 0 Å². The van der Waals surface area contributed by atoms with Crippen LogP contribution in [0.25, 0.3) is 0 Å². The van der Waals surface area contributed by atoms with Crippen LogP contribution in [0.4, 0.5) is 8.78 Å². The number of hydrogen-bond acceptors (Lipinski definition) is 3. The first-order valence-corrected chi connectivity index (χ1v) is 6.50. The van der Waals surface area contributed by atoms with Crippen LogP contribution in [0, 0.1) is 0 Å². The van der Waals surface area contributed by atoms with Crippen LogP contribution in [0.3, 0.4) is 0 Å². The fourth-order valence-corrected chi connectivity index (χ4v) is 2.22. The predicted molar refractivity (Wildman–Crippen MR) is 69.4 cm³/mol. The number of ether oxygens (including phenoxy) is 2. The second-order valence-corrected chi connectivity index (χ2v) is 4.88. The van der Waals surface area contributed by atoms with Gasteiger partial charge in [-0.3, -0.25) is 4.79 Å². The van der Waals surface area contributed by atoms with E-state index >= 15 is 0 Å². The molecule has 0 spiro atoms. The van der Waals surface area contributed by atoms with E-state index in [0.717, 1.165) is 0 Å². The summed E-state index contributed by atoms with van der Waals surface area (Å²) >= 11 is 5.83. The number of amides is 1. The van der Waals surface area contributed by atoms with Crippen molar-refractivity contribution >= 4 is 17.5 Å². The van der Waals surface area contributed by atoms with Crippen molar-refractivity contribution in [1.29, 1.82) is 0 Å². The Morgan fingerprint density at radius 1 is 1.55 bits per heavy atom. The quantitative estimate of drug-likeness (QED) is 0.862. The third kappa shape index (κ3) is 3.37. The van der Waals surface area contributed by atoms with Gasteiger partial charge in [0.1, 0.15) is 5.75 Å². The molecule has 1 aliphatic heterocycles. The highest BCUT2D eigenvalue weighted by Crippen LogP contribution is 2.27. The third-order valence-electron chi connectivity index (χ3n) is 3.02. The van der Waals surface area contributed by atoms with Gasteiger partial charge in [-0.1, -0.05) is 11.6 Å². The predicted octanol–water partition coefficient (Wildman–Crippen LogP) is 2.80. The summed E-state index contributed by atoms with van der Waals surface area (Å²) in [6.07, 6.45) is 0. The van der Waals surface area contributed by atoms with Gasteiger partial charge in [-0.2, -0.15) is 8.78 Å². The summed E-state index contributed by atoms with van der Waals surface area (Å²) in [5.41, 5.74) is 0.0338. The molecule has 1 amide bonds. The molecule has 1 fully saturated rings. The van der Waals surface area contributed by atoms with Crippen LogP contribution in [-0.2, 0) is 4.74 Å². The zero-order chi connectivity index (χ0) is 14.7. The molecular weight excluding hydrogens is 292 g/mol. The molecule has 0 unspecified atom stereocenters. The van der Waals surface area contributed by atoms with E-state index in [9.17, 15) is 13.6 Å². The highest BCUT2D eigenvalue weighted by atomic mass is 35.5. The Labute approximate surface area is 120 Å².